The second kappa shape index (κ2) is 6.92. The molecule has 0 unspecified atom stereocenters. The van der Waals surface area contributed by atoms with Gasteiger partial charge < -0.3 is 9.47 Å². The van der Waals surface area contributed by atoms with Gasteiger partial charge in [0.25, 0.3) is 0 Å². The topological polar surface area (TPSA) is 52.6 Å². The minimum atomic E-state index is -1.03. The third-order valence-corrected chi connectivity index (χ3v) is 0.979. The Balaban J connectivity index is 3.64. The Hall–Kier alpha value is -1.76. The maximum Gasteiger partial charge on any atom is 0.417 e. The zero-order chi connectivity index (χ0) is 10.1. The van der Waals surface area contributed by atoms with E-state index in [-0.39, 0.29) is 19.6 Å². The Morgan fingerprint density at radius 2 is 2.00 bits per heavy atom. The molecule has 70 valence electrons. The van der Waals surface area contributed by atoms with Gasteiger partial charge in [0.2, 0.25) is 0 Å². The van der Waals surface area contributed by atoms with E-state index in [1.54, 1.807) is 0 Å². The first-order chi connectivity index (χ1) is 6.22. The molecule has 0 N–H and O–H groups in total. The van der Waals surface area contributed by atoms with Crippen molar-refractivity contribution in [1.82, 2.24) is 0 Å². The number of rotatable bonds is 4. The van der Waals surface area contributed by atoms with Crippen molar-refractivity contribution < 1.29 is 19.1 Å². The fourth-order valence-corrected chi connectivity index (χ4v) is 0.455. The smallest absolute Gasteiger partial charge is 0.417 e. The van der Waals surface area contributed by atoms with Gasteiger partial charge in [-0.2, -0.15) is 0 Å². The van der Waals surface area contributed by atoms with E-state index < -0.39 is 11.9 Å². The molecule has 0 heterocycles. The van der Waals surface area contributed by atoms with E-state index in [0.29, 0.717) is 0 Å². The van der Waals surface area contributed by atoms with Crippen LogP contribution in [0.4, 0.5) is 0 Å². The highest BCUT2D eigenvalue weighted by atomic mass is 16.6. The molecule has 0 saturated heterocycles. The summed E-state index contributed by atoms with van der Waals surface area (Å²) in [5.74, 6) is 0.199. The summed E-state index contributed by atoms with van der Waals surface area (Å²) in [4.78, 5) is 21.4. The van der Waals surface area contributed by atoms with Gasteiger partial charge in [0.1, 0.15) is 13.2 Å². The Labute approximate surface area is 76.5 Å². The molecule has 0 aromatic rings. The van der Waals surface area contributed by atoms with Crippen LogP contribution in [0.1, 0.15) is 6.42 Å². The van der Waals surface area contributed by atoms with Crippen molar-refractivity contribution in [3.63, 3.8) is 0 Å². The molecule has 13 heavy (non-hydrogen) atoms. The SMILES string of the molecule is C#CCCOC(=O)C(=O)OCC=C. The molecule has 0 bridgehead atoms. The van der Waals surface area contributed by atoms with Gasteiger partial charge in [-0.15, -0.1) is 12.3 Å². The standard InChI is InChI=1S/C9H10O4/c1-3-5-7-13-9(11)8(10)12-6-4-2/h1,4H,2,5-7H2. The molecular weight excluding hydrogens is 172 g/mol. The third kappa shape index (κ3) is 5.50. The van der Waals surface area contributed by atoms with Gasteiger partial charge in [0, 0.05) is 6.42 Å². The molecule has 0 aliphatic carbocycles. The lowest BCUT2D eigenvalue weighted by molar-refractivity contribution is -0.166. The van der Waals surface area contributed by atoms with Crippen molar-refractivity contribution in [3.8, 4) is 12.3 Å². The molecule has 0 amide bonds. The molecule has 0 radical (unpaired) electrons. The predicted molar refractivity (Wildman–Crippen MR) is 45.6 cm³/mol. The predicted octanol–water partition coefficient (Wildman–Crippen LogP) is 0.282. The molecule has 0 spiro atoms. The van der Waals surface area contributed by atoms with Crippen molar-refractivity contribution >= 4 is 11.9 Å². The zero-order valence-corrected chi connectivity index (χ0v) is 7.12. The normalized spacial score (nSPS) is 8.23. The van der Waals surface area contributed by atoms with Crippen LogP contribution in [0.3, 0.4) is 0 Å². The molecule has 0 rings (SSSR count). The Bertz CT molecular complexity index is 236. The van der Waals surface area contributed by atoms with Gasteiger partial charge in [0.05, 0.1) is 0 Å². The maximum atomic E-state index is 10.7. The highest BCUT2D eigenvalue weighted by molar-refractivity contribution is 6.29. The first-order valence-electron chi connectivity index (χ1n) is 3.60. The maximum absolute atomic E-state index is 10.7. The number of carbonyl (C=O) groups excluding carboxylic acids is 2. The summed E-state index contributed by atoms with van der Waals surface area (Å²) < 4.78 is 8.85. The lowest BCUT2D eigenvalue weighted by Gasteiger charge is -2.01. The molecule has 4 nitrogen and oxygen atoms in total. The van der Waals surface area contributed by atoms with Gasteiger partial charge in [-0.1, -0.05) is 12.7 Å². The lowest BCUT2D eigenvalue weighted by atomic mass is 10.5. The summed E-state index contributed by atoms with van der Waals surface area (Å²) in [5.41, 5.74) is 0. The van der Waals surface area contributed by atoms with Crippen LogP contribution < -0.4 is 0 Å². The largest absolute Gasteiger partial charge is 0.456 e. The molecular formula is C9H10O4. The first-order valence-corrected chi connectivity index (χ1v) is 3.60. The van der Waals surface area contributed by atoms with Crippen LogP contribution in [0.15, 0.2) is 12.7 Å². The number of esters is 2. The average molecular weight is 182 g/mol. The number of terminal acetylenes is 1. The van der Waals surface area contributed by atoms with Crippen molar-refractivity contribution in [2.45, 2.75) is 6.42 Å². The monoisotopic (exact) mass is 182 g/mol. The van der Waals surface area contributed by atoms with Crippen molar-refractivity contribution in [1.29, 1.82) is 0 Å². The molecule has 0 aromatic carbocycles. The third-order valence-electron chi connectivity index (χ3n) is 0.979. The van der Waals surface area contributed by atoms with Crippen molar-refractivity contribution in [2.24, 2.45) is 0 Å². The van der Waals surface area contributed by atoms with E-state index in [4.69, 9.17) is 6.42 Å². The summed E-state index contributed by atoms with van der Waals surface area (Å²) in [7, 11) is 0. The van der Waals surface area contributed by atoms with E-state index in [1.165, 1.54) is 6.08 Å². The highest BCUT2D eigenvalue weighted by Gasteiger charge is 2.15. The summed E-state index contributed by atoms with van der Waals surface area (Å²) in [6, 6.07) is 0. The number of hydrogen-bond donors (Lipinski definition) is 0. The lowest BCUT2D eigenvalue weighted by Crippen LogP contribution is -2.20. The zero-order valence-electron chi connectivity index (χ0n) is 7.12. The molecule has 0 aromatic heterocycles. The molecule has 0 saturated carbocycles. The molecule has 4 heteroatoms. The van der Waals surface area contributed by atoms with E-state index in [9.17, 15) is 9.59 Å². The van der Waals surface area contributed by atoms with Crippen LogP contribution in [0.25, 0.3) is 0 Å². The second-order valence-corrected chi connectivity index (χ2v) is 1.98. The van der Waals surface area contributed by atoms with Crippen molar-refractivity contribution in [2.75, 3.05) is 13.2 Å². The number of ether oxygens (including phenoxy) is 2. The van der Waals surface area contributed by atoms with E-state index in [2.05, 4.69) is 22.0 Å². The number of carbonyl (C=O) groups is 2. The summed E-state index contributed by atoms with van der Waals surface area (Å²) in [6.45, 7) is 3.33. The minimum absolute atomic E-state index is 0.0108. The fourth-order valence-electron chi connectivity index (χ4n) is 0.455. The fraction of sp³-hybridized carbons (Fsp3) is 0.333. The molecule has 0 atom stereocenters. The van der Waals surface area contributed by atoms with Crippen LogP contribution >= 0.6 is 0 Å². The van der Waals surface area contributed by atoms with Gasteiger partial charge in [0.15, 0.2) is 0 Å². The van der Waals surface area contributed by atoms with Gasteiger partial charge >= 0.3 is 11.9 Å². The van der Waals surface area contributed by atoms with E-state index >= 15 is 0 Å². The van der Waals surface area contributed by atoms with Gasteiger partial charge in [-0.05, 0) is 0 Å². The average Bonchev–Trinajstić information content (AvgIpc) is 2.14. The van der Waals surface area contributed by atoms with Crippen LogP contribution in [-0.4, -0.2) is 25.2 Å². The summed E-state index contributed by atoms with van der Waals surface area (Å²) in [5, 5.41) is 0. The second-order valence-electron chi connectivity index (χ2n) is 1.98. The molecule has 0 fully saturated rings. The van der Waals surface area contributed by atoms with Crippen LogP contribution in [0.5, 0.6) is 0 Å². The molecule has 0 aliphatic rings. The number of hydrogen-bond acceptors (Lipinski definition) is 4. The summed E-state index contributed by atoms with van der Waals surface area (Å²) in [6.07, 6.45) is 6.53. The van der Waals surface area contributed by atoms with Gasteiger partial charge in [-0.3, -0.25) is 0 Å². The van der Waals surface area contributed by atoms with Crippen LogP contribution in [-0.2, 0) is 19.1 Å². The quantitative estimate of drug-likeness (QED) is 0.206. The Kier molecular flexibility index (Phi) is 5.98. The van der Waals surface area contributed by atoms with Crippen LogP contribution in [0, 0.1) is 12.3 Å². The van der Waals surface area contributed by atoms with Gasteiger partial charge in [-0.25, -0.2) is 9.59 Å². The van der Waals surface area contributed by atoms with Crippen LogP contribution in [0.2, 0.25) is 0 Å². The van der Waals surface area contributed by atoms with Crippen molar-refractivity contribution in [3.05, 3.63) is 12.7 Å². The minimum Gasteiger partial charge on any atom is -0.456 e. The van der Waals surface area contributed by atoms with E-state index in [0.717, 1.165) is 0 Å². The highest BCUT2D eigenvalue weighted by Crippen LogP contribution is 1.87. The Morgan fingerprint density at radius 3 is 2.54 bits per heavy atom. The Morgan fingerprint density at radius 1 is 1.38 bits per heavy atom. The summed E-state index contributed by atoms with van der Waals surface area (Å²) >= 11 is 0. The molecule has 0 aliphatic heterocycles. The first kappa shape index (κ1) is 11.2. The van der Waals surface area contributed by atoms with E-state index in [1.807, 2.05) is 0 Å².